The molecule has 2 aliphatic heterocycles. The second kappa shape index (κ2) is 7.85. The molecule has 0 aliphatic carbocycles. The number of carbonyl (C=O) groups is 1. The lowest BCUT2D eigenvalue weighted by Crippen LogP contribution is -2.45. The highest BCUT2D eigenvalue weighted by Crippen LogP contribution is 2.21. The van der Waals surface area contributed by atoms with Crippen molar-refractivity contribution in [3.05, 3.63) is 0 Å². The Morgan fingerprint density at radius 1 is 1.05 bits per heavy atom. The first-order chi connectivity index (χ1) is 9.31. The van der Waals surface area contributed by atoms with Crippen LogP contribution < -0.4 is 5.73 Å². The molecule has 2 rings (SSSR count). The molecule has 0 bridgehead atoms. The van der Waals surface area contributed by atoms with Crippen molar-refractivity contribution in [1.29, 1.82) is 0 Å². The fraction of sp³-hybridized carbons (Fsp3) is 0.933. The van der Waals surface area contributed by atoms with Gasteiger partial charge in [-0.3, -0.25) is 4.79 Å². The molecule has 2 saturated heterocycles. The summed E-state index contributed by atoms with van der Waals surface area (Å²) in [6.45, 7) is 5.87. The number of nitrogens with two attached hydrogens (primary N) is 1. The van der Waals surface area contributed by atoms with Crippen LogP contribution in [0.1, 0.15) is 44.9 Å². The maximum Gasteiger partial charge on any atom is 0.226 e. The molecule has 1 unspecified atom stereocenters. The summed E-state index contributed by atoms with van der Waals surface area (Å²) in [5.41, 5.74) is 5.57. The number of carbonyl (C=O) groups excluding carboxylic acids is 1. The number of nitrogens with zero attached hydrogens (tertiary/aromatic N) is 2. The van der Waals surface area contributed by atoms with Gasteiger partial charge in [0.25, 0.3) is 0 Å². The van der Waals surface area contributed by atoms with E-state index in [1.54, 1.807) is 0 Å². The maximum absolute atomic E-state index is 12.6. The Kier molecular flexibility index (Phi) is 6.11. The molecule has 110 valence electrons. The molecule has 0 aromatic carbocycles. The first-order valence-corrected chi connectivity index (χ1v) is 8.02. The second-order valence-electron chi connectivity index (χ2n) is 6.02. The number of piperidine rings is 1. The number of likely N-dealkylation sites (tertiary alicyclic amines) is 2. The molecule has 0 radical (unpaired) electrons. The highest BCUT2D eigenvalue weighted by molar-refractivity contribution is 5.79. The Morgan fingerprint density at radius 3 is 2.47 bits per heavy atom. The van der Waals surface area contributed by atoms with Crippen molar-refractivity contribution in [3.63, 3.8) is 0 Å². The number of hydrogen-bond donors (Lipinski definition) is 1. The van der Waals surface area contributed by atoms with E-state index in [1.165, 1.54) is 25.7 Å². The van der Waals surface area contributed by atoms with Crippen molar-refractivity contribution >= 4 is 5.91 Å². The molecular weight excluding hydrogens is 238 g/mol. The molecule has 1 atom stereocenters. The summed E-state index contributed by atoms with van der Waals surface area (Å²) in [5, 5.41) is 0. The van der Waals surface area contributed by atoms with Crippen LogP contribution in [0.5, 0.6) is 0 Å². The van der Waals surface area contributed by atoms with Gasteiger partial charge in [-0.15, -0.1) is 0 Å². The summed E-state index contributed by atoms with van der Waals surface area (Å²) in [7, 11) is 0. The molecule has 0 saturated carbocycles. The quantitative estimate of drug-likeness (QED) is 0.839. The van der Waals surface area contributed by atoms with Crippen molar-refractivity contribution in [3.8, 4) is 0 Å². The van der Waals surface area contributed by atoms with Crippen LogP contribution in [-0.4, -0.2) is 55.0 Å². The molecular formula is C15H29N3O. The van der Waals surface area contributed by atoms with Crippen LogP contribution in [0.2, 0.25) is 0 Å². The molecule has 0 aromatic heterocycles. The average Bonchev–Trinajstić information content (AvgIpc) is 2.73. The zero-order chi connectivity index (χ0) is 13.5. The standard InChI is InChI=1S/C15H29N3O/c16-8-6-10-17-9-5-7-14(13-17)15(19)18-11-3-1-2-4-12-18/h14H,1-13,16H2. The molecule has 2 aliphatic rings. The lowest BCUT2D eigenvalue weighted by Gasteiger charge is -2.34. The average molecular weight is 267 g/mol. The minimum atomic E-state index is 0.240. The predicted molar refractivity (Wildman–Crippen MR) is 77.9 cm³/mol. The third-order valence-corrected chi connectivity index (χ3v) is 4.45. The molecule has 4 nitrogen and oxygen atoms in total. The van der Waals surface area contributed by atoms with Gasteiger partial charge in [0.1, 0.15) is 0 Å². The predicted octanol–water partition coefficient (Wildman–Crippen LogP) is 1.45. The van der Waals surface area contributed by atoms with E-state index in [0.29, 0.717) is 5.91 Å². The van der Waals surface area contributed by atoms with Gasteiger partial charge in [-0.2, -0.15) is 0 Å². The molecule has 19 heavy (non-hydrogen) atoms. The van der Waals surface area contributed by atoms with Gasteiger partial charge in [-0.25, -0.2) is 0 Å². The van der Waals surface area contributed by atoms with Gasteiger partial charge in [0.2, 0.25) is 5.91 Å². The highest BCUT2D eigenvalue weighted by atomic mass is 16.2. The molecule has 2 N–H and O–H groups in total. The Morgan fingerprint density at radius 2 is 1.79 bits per heavy atom. The number of rotatable bonds is 4. The fourth-order valence-electron chi connectivity index (χ4n) is 3.32. The summed E-state index contributed by atoms with van der Waals surface area (Å²) in [6, 6.07) is 0. The monoisotopic (exact) mass is 267 g/mol. The van der Waals surface area contributed by atoms with Crippen molar-refractivity contribution < 1.29 is 4.79 Å². The van der Waals surface area contributed by atoms with E-state index in [9.17, 15) is 4.79 Å². The van der Waals surface area contributed by atoms with Gasteiger partial charge in [0.15, 0.2) is 0 Å². The van der Waals surface area contributed by atoms with Gasteiger partial charge in [-0.05, 0) is 51.7 Å². The van der Waals surface area contributed by atoms with E-state index in [-0.39, 0.29) is 5.92 Å². The van der Waals surface area contributed by atoms with Gasteiger partial charge >= 0.3 is 0 Å². The minimum absolute atomic E-state index is 0.240. The van der Waals surface area contributed by atoms with Crippen LogP contribution in [-0.2, 0) is 4.79 Å². The highest BCUT2D eigenvalue weighted by Gasteiger charge is 2.29. The third kappa shape index (κ3) is 4.46. The van der Waals surface area contributed by atoms with E-state index >= 15 is 0 Å². The summed E-state index contributed by atoms with van der Waals surface area (Å²) < 4.78 is 0. The van der Waals surface area contributed by atoms with Crippen LogP contribution in [0.3, 0.4) is 0 Å². The summed E-state index contributed by atoms with van der Waals surface area (Å²) >= 11 is 0. The SMILES string of the molecule is NCCCN1CCCC(C(=O)N2CCCCCC2)C1. The number of amides is 1. The Bertz CT molecular complexity index is 275. The Labute approximate surface area is 117 Å². The Balaban J connectivity index is 1.83. The first-order valence-electron chi connectivity index (χ1n) is 8.02. The van der Waals surface area contributed by atoms with Gasteiger partial charge in [0, 0.05) is 19.6 Å². The van der Waals surface area contributed by atoms with E-state index in [4.69, 9.17) is 5.73 Å². The molecule has 0 spiro atoms. The van der Waals surface area contributed by atoms with E-state index < -0.39 is 0 Å². The zero-order valence-electron chi connectivity index (χ0n) is 12.1. The molecule has 2 heterocycles. The van der Waals surface area contributed by atoms with Crippen LogP contribution in [0.4, 0.5) is 0 Å². The number of hydrogen-bond acceptors (Lipinski definition) is 3. The summed E-state index contributed by atoms with van der Waals surface area (Å²) in [5.74, 6) is 0.656. The fourth-order valence-corrected chi connectivity index (χ4v) is 3.32. The van der Waals surface area contributed by atoms with Crippen LogP contribution in [0.25, 0.3) is 0 Å². The first kappa shape index (κ1) is 14.8. The van der Waals surface area contributed by atoms with Crippen molar-refractivity contribution in [2.75, 3.05) is 39.3 Å². The summed E-state index contributed by atoms with van der Waals surface area (Å²) in [6.07, 6.45) is 8.24. The van der Waals surface area contributed by atoms with E-state index in [1.807, 2.05) is 0 Å². The van der Waals surface area contributed by atoms with Crippen LogP contribution in [0, 0.1) is 5.92 Å². The van der Waals surface area contributed by atoms with Crippen molar-refractivity contribution in [2.45, 2.75) is 44.9 Å². The van der Waals surface area contributed by atoms with Gasteiger partial charge in [-0.1, -0.05) is 12.8 Å². The lowest BCUT2D eigenvalue weighted by molar-refractivity contribution is -0.137. The minimum Gasteiger partial charge on any atom is -0.342 e. The Hall–Kier alpha value is -0.610. The topological polar surface area (TPSA) is 49.6 Å². The van der Waals surface area contributed by atoms with Crippen molar-refractivity contribution in [1.82, 2.24) is 9.80 Å². The van der Waals surface area contributed by atoms with Crippen LogP contribution >= 0.6 is 0 Å². The third-order valence-electron chi connectivity index (χ3n) is 4.45. The second-order valence-corrected chi connectivity index (χ2v) is 6.02. The summed E-state index contributed by atoms with van der Waals surface area (Å²) in [4.78, 5) is 17.2. The molecule has 0 aromatic rings. The molecule has 1 amide bonds. The molecule has 4 heteroatoms. The smallest absolute Gasteiger partial charge is 0.226 e. The largest absolute Gasteiger partial charge is 0.342 e. The molecule has 2 fully saturated rings. The zero-order valence-corrected chi connectivity index (χ0v) is 12.1. The van der Waals surface area contributed by atoms with Gasteiger partial charge in [0.05, 0.1) is 5.92 Å². The van der Waals surface area contributed by atoms with E-state index in [2.05, 4.69) is 9.80 Å². The van der Waals surface area contributed by atoms with E-state index in [0.717, 1.165) is 58.5 Å². The lowest BCUT2D eigenvalue weighted by atomic mass is 9.96. The van der Waals surface area contributed by atoms with Crippen molar-refractivity contribution in [2.24, 2.45) is 11.7 Å². The van der Waals surface area contributed by atoms with Gasteiger partial charge < -0.3 is 15.5 Å². The maximum atomic E-state index is 12.6. The normalized spacial score (nSPS) is 26.2. The van der Waals surface area contributed by atoms with Crippen LogP contribution in [0.15, 0.2) is 0 Å².